The molecule has 1 saturated heterocycles. The van der Waals surface area contributed by atoms with Crippen LogP contribution in [0.15, 0.2) is 78.4 Å². The summed E-state index contributed by atoms with van der Waals surface area (Å²) in [6.45, 7) is 5.74. The maximum Gasteiger partial charge on any atom is 0.300 e. The van der Waals surface area contributed by atoms with Crippen molar-refractivity contribution in [1.82, 2.24) is 0 Å². The number of nitrogens with zero attached hydrogens (tertiary/aromatic N) is 1. The van der Waals surface area contributed by atoms with Gasteiger partial charge in [-0.2, -0.15) is 0 Å². The Bertz CT molecular complexity index is 1180. The number of Topliss-reactive ketones (excluding diaryl/α,β-unsaturated/α-hetero) is 1. The van der Waals surface area contributed by atoms with Gasteiger partial charge in [-0.3, -0.25) is 14.5 Å². The first kappa shape index (κ1) is 19.6. The number of hydrogen-bond acceptors (Lipinski definition) is 3. The lowest BCUT2D eigenvalue weighted by Crippen LogP contribution is -2.29. The third-order valence-electron chi connectivity index (χ3n) is 5.49. The number of benzene rings is 3. The topological polar surface area (TPSA) is 57.6 Å². The van der Waals surface area contributed by atoms with Crippen molar-refractivity contribution in [2.45, 2.75) is 26.8 Å². The summed E-state index contributed by atoms with van der Waals surface area (Å²) in [7, 11) is 0. The van der Waals surface area contributed by atoms with Crippen LogP contribution in [0.1, 0.15) is 33.9 Å². The Morgan fingerprint density at radius 2 is 1.53 bits per heavy atom. The number of amides is 1. The summed E-state index contributed by atoms with van der Waals surface area (Å²) in [5.74, 6) is -1.45. The van der Waals surface area contributed by atoms with Gasteiger partial charge in [0.15, 0.2) is 0 Å². The molecule has 1 fully saturated rings. The van der Waals surface area contributed by atoms with Gasteiger partial charge in [0.1, 0.15) is 5.76 Å². The number of ketones is 1. The van der Waals surface area contributed by atoms with Crippen molar-refractivity contribution in [2.24, 2.45) is 0 Å². The van der Waals surface area contributed by atoms with E-state index in [1.807, 2.05) is 93.6 Å². The quantitative estimate of drug-likeness (QED) is 0.374. The Kier molecular flexibility index (Phi) is 5.00. The van der Waals surface area contributed by atoms with E-state index in [0.29, 0.717) is 11.3 Å². The Morgan fingerprint density at radius 1 is 0.833 bits per heavy atom. The molecule has 1 amide bonds. The van der Waals surface area contributed by atoms with E-state index in [-0.39, 0.29) is 11.3 Å². The first-order chi connectivity index (χ1) is 14.4. The molecule has 1 heterocycles. The molecule has 0 aromatic heterocycles. The van der Waals surface area contributed by atoms with Gasteiger partial charge in [0.2, 0.25) is 0 Å². The number of carbonyl (C=O) groups excluding carboxylic acids is 2. The summed E-state index contributed by atoms with van der Waals surface area (Å²) < 4.78 is 0. The van der Waals surface area contributed by atoms with Crippen LogP contribution >= 0.6 is 0 Å². The molecule has 4 heteroatoms. The minimum absolute atomic E-state index is 0.112. The van der Waals surface area contributed by atoms with Gasteiger partial charge < -0.3 is 5.11 Å². The fraction of sp³-hybridized carbons (Fsp3) is 0.154. The molecule has 3 aromatic rings. The molecule has 1 aliphatic heterocycles. The van der Waals surface area contributed by atoms with Crippen LogP contribution in [-0.2, 0) is 9.59 Å². The predicted octanol–water partition coefficient (Wildman–Crippen LogP) is 5.24. The first-order valence-electron chi connectivity index (χ1n) is 9.88. The zero-order valence-corrected chi connectivity index (χ0v) is 17.2. The van der Waals surface area contributed by atoms with Crippen LogP contribution in [0.4, 0.5) is 5.69 Å². The zero-order chi connectivity index (χ0) is 21.4. The molecule has 1 N–H and O–H groups in total. The number of carbonyl (C=O) groups is 2. The van der Waals surface area contributed by atoms with E-state index in [4.69, 9.17) is 0 Å². The van der Waals surface area contributed by atoms with Crippen molar-refractivity contribution >= 4 is 23.1 Å². The summed E-state index contributed by atoms with van der Waals surface area (Å²) in [5, 5.41) is 11.2. The van der Waals surface area contributed by atoms with E-state index in [1.54, 1.807) is 0 Å². The molecule has 1 aliphatic rings. The van der Waals surface area contributed by atoms with E-state index < -0.39 is 17.7 Å². The van der Waals surface area contributed by atoms with E-state index in [9.17, 15) is 14.7 Å². The monoisotopic (exact) mass is 397 g/mol. The molecule has 0 spiro atoms. The average Bonchev–Trinajstić information content (AvgIpc) is 3.01. The highest BCUT2D eigenvalue weighted by molar-refractivity contribution is 6.51. The lowest BCUT2D eigenvalue weighted by molar-refractivity contribution is -0.132. The summed E-state index contributed by atoms with van der Waals surface area (Å²) >= 11 is 0. The molecule has 3 aromatic carbocycles. The molecule has 30 heavy (non-hydrogen) atoms. The van der Waals surface area contributed by atoms with Crippen LogP contribution in [0.2, 0.25) is 0 Å². The third kappa shape index (κ3) is 3.30. The Morgan fingerprint density at radius 3 is 2.23 bits per heavy atom. The Hall–Kier alpha value is -3.66. The molecule has 1 atom stereocenters. The second-order valence-electron chi connectivity index (χ2n) is 7.74. The first-order valence-corrected chi connectivity index (χ1v) is 9.88. The molecule has 150 valence electrons. The van der Waals surface area contributed by atoms with Gasteiger partial charge in [0.05, 0.1) is 11.6 Å². The second-order valence-corrected chi connectivity index (χ2v) is 7.74. The number of aliphatic hydroxyl groups excluding tert-OH is 1. The standard InChI is InChI=1S/C26H23NO3/c1-16-8-7-11-20(14-16)27-23(19-9-5-4-6-10-19)22(25(29)26(27)30)24(28)21-15-17(2)12-13-18(21)3/h4-15,23,28H,1-3H3/b24-22+. The van der Waals surface area contributed by atoms with Gasteiger partial charge in [-0.1, -0.05) is 60.2 Å². The van der Waals surface area contributed by atoms with Crippen LogP contribution in [0.25, 0.3) is 5.76 Å². The fourth-order valence-electron chi connectivity index (χ4n) is 3.96. The molecule has 0 saturated carbocycles. The van der Waals surface area contributed by atoms with Crippen LogP contribution in [0, 0.1) is 20.8 Å². The normalized spacial score (nSPS) is 18.1. The van der Waals surface area contributed by atoms with Crippen molar-refractivity contribution in [3.8, 4) is 0 Å². The summed E-state index contributed by atoms with van der Waals surface area (Å²) in [5.41, 5.74) is 4.87. The highest BCUT2D eigenvalue weighted by Crippen LogP contribution is 2.42. The predicted molar refractivity (Wildman–Crippen MR) is 118 cm³/mol. The van der Waals surface area contributed by atoms with Gasteiger partial charge >= 0.3 is 0 Å². The SMILES string of the molecule is Cc1cccc(N2C(=O)C(=O)/C(=C(/O)c3cc(C)ccc3C)C2c2ccccc2)c1. The van der Waals surface area contributed by atoms with Crippen molar-refractivity contribution < 1.29 is 14.7 Å². The highest BCUT2D eigenvalue weighted by atomic mass is 16.3. The third-order valence-corrected chi connectivity index (χ3v) is 5.49. The maximum absolute atomic E-state index is 13.2. The fourth-order valence-corrected chi connectivity index (χ4v) is 3.96. The van der Waals surface area contributed by atoms with Gasteiger partial charge in [0.25, 0.3) is 11.7 Å². The second kappa shape index (κ2) is 7.64. The number of aliphatic hydroxyl groups is 1. The lowest BCUT2D eigenvalue weighted by Gasteiger charge is -2.26. The van der Waals surface area contributed by atoms with E-state index in [2.05, 4.69) is 0 Å². The zero-order valence-electron chi connectivity index (χ0n) is 17.2. The van der Waals surface area contributed by atoms with Crippen LogP contribution in [0.3, 0.4) is 0 Å². The highest BCUT2D eigenvalue weighted by Gasteiger charge is 2.47. The largest absolute Gasteiger partial charge is 0.507 e. The van der Waals surface area contributed by atoms with Crippen molar-refractivity contribution in [3.05, 3.63) is 106 Å². The molecule has 4 nitrogen and oxygen atoms in total. The lowest BCUT2D eigenvalue weighted by atomic mass is 9.93. The van der Waals surface area contributed by atoms with Gasteiger partial charge in [-0.05, 0) is 55.7 Å². The number of rotatable bonds is 3. The van der Waals surface area contributed by atoms with Gasteiger partial charge in [0, 0.05) is 11.3 Å². The van der Waals surface area contributed by atoms with Crippen LogP contribution in [0.5, 0.6) is 0 Å². The van der Waals surface area contributed by atoms with E-state index >= 15 is 0 Å². The molecule has 0 aliphatic carbocycles. The van der Waals surface area contributed by atoms with Crippen molar-refractivity contribution in [2.75, 3.05) is 4.90 Å². The van der Waals surface area contributed by atoms with Gasteiger partial charge in [-0.25, -0.2) is 0 Å². The van der Waals surface area contributed by atoms with Crippen molar-refractivity contribution in [3.63, 3.8) is 0 Å². The summed E-state index contributed by atoms with van der Waals surface area (Å²) in [4.78, 5) is 27.8. The molecular weight excluding hydrogens is 374 g/mol. The van der Waals surface area contributed by atoms with Crippen LogP contribution in [-0.4, -0.2) is 16.8 Å². The van der Waals surface area contributed by atoms with E-state index in [1.165, 1.54) is 4.90 Å². The molecule has 4 rings (SSSR count). The Labute approximate surface area is 176 Å². The van der Waals surface area contributed by atoms with E-state index in [0.717, 1.165) is 22.3 Å². The average molecular weight is 397 g/mol. The number of aryl methyl sites for hydroxylation is 3. The molecular formula is C26H23NO3. The van der Waals surface area contributed by atoms with Crippen molar-refractivity contribution in [1.29, 1.82) is 0 Å². The molecule has 0 bridgehead atoms. The van der Waals surface area contributed by atoms with Crippen LogP contribution < -0.4 is 4.90 Å². The molecule has 0 radical (unpaired) electrons. The number of anilines is 1. The Balaban J connectivity index is 1.98. The van der Waals surface area contributed by atoms with Gasteiger partial charge in [-0.15, -0.1) is 0 Å². The molecule has 1 unspecified atom stereocenters. The summed E-state index contributed by atoms with van der Waals surface area (Å²) in [6.07, 6.45) is 0. The smallest absolute Gasteiger partial charge is 0.300 e. The minimum atomic E-state index is -0.701. The minimum Gasteiger partial charge on any atom is -0.507 e. The number of hydrogen-bond donors (Lipinski definition) is 1. The maximum atomic E-state index is 13.2. The summed E-state index contributed by atoms with van der Waals surface area (Å²) in [6, 6.07) is 21.8.